The Balaban J connectivity index is 0.932. The number of benzene rings is 4. The summed E-state index contributed by atoms with van der Waals surface area (Å²) >= 11 is 0. The maximum atomic E-state index is 14.1. The van der Waals surface area contributed by atoms with E-state index >= 15 is 0 Å². The van der Waals surface area contributed by atoms with Gasteiger partial charge < -0.3 is 35.6 Å². The van der Waals surface area contributed by atoms with Gasteiger partial charge in [0.25, 0.3) is 5.91 Å². The first-order valence-corrected chi connectivity index (χ1v) is 20.1. The first kappa shape index (κ1) is 41.4. The summed E-state index contributed by atoms with van der Waals surface area (Å²) in [4.78, 5) is 61.0. The first-order valence-electron chi connectivity index (χ1n) is 20.1. The number of piperidine rings is 1. The number of hydrogen-bond donors (Lipinski definition) is 4. The van der Waals surface area contributed by atoms with Gasteiger partial charge in [0.05, 0.1) is 24.6 Å². The fraction of sp³-hybridized carbons (Fsp3) is 0.356. The Morgan fingerprint density at radius 3 is 2.41 bits per heavy atom. The van der Waals surface area contributed by atoms with Gasteiger partial charge in [-0.15, -0.1) is 0 Å². The highest BCUT2D eigenvalue weighted by atomic mass is 16.5. The average molecular weight is 788 g/mol. The zero-order chi connectivity index (χ0) is 40.5. The van der Waals surface area contributed by atoms with E-state index < -0.39 is 24.2 Å². The number of anilines is 2. The van der Waals surface area contributed by atoms with Gasteiger partial charge in [-0.1, -0.05) is 79.2 Å². The molecular formula is C45H53N7O6. The highest BCUT2D eigenvalue weighted by Crippen LogP contribution is 2.28. The number of fused-ring (bicyclic) bond motifs is 1. The lowest BCUT2D eigenvalue weighted by Crippen LogP contribution is -2.49. The van der Waals surface area contributed by atoms with Crippen molar-refractivity contribution >= 4 is 41.0 Å². The van der Waals surface area contributed by atoms with Gasteiger partial charge in [0.2, 0.25) is 12.1 Å². The summed E-state index contributed by atoms with van der Waals surface area (Å²) in [7, 11) is 0. The molecule has 304 valence electrons. The number of alkyl carbamates (subject to hydrolysis) is 1. The van der Waals surface area contributed by atoms with Crippen LogP contribution in [0.5, 0.6) is 5.75 Å². The Morgan fingerprint density at radius 1 is 0.810 bits per heavy atom. The number of para-hydroxylation sites is 1. The van der Waals surface area contributed by atoms with Crippen LogP contribution in [-0.2, 0) is 20.9 Å². The molecule has 0 saturated carbocycles. The second-order valence-electron chi connectivity index (χ2n) is 14.4. The van der Waals surface area contributed by atoms with Crippen molar-refractivity contribution in [3.63, 3.8) is 0 Å². The lowest BCUT2D eigenvalue weighted by atomic mass is 10.0. The zero-order valence-electron chi connectivity index (χ0n) is 33.1. The number of ether oxygens (including phenoxy) is 2. The number of carbonyl (C=O) groups is 4. The van der Waals surface area contributed by atoms with Crippen LogP contribution in [0.15, 0.2) is 108 Å². The Morgan fingerprint density at radius 2 is 1.59 bits per heavy atom. The second kappa shape index (κ2) is 21.4. The van der Waals surface area contributed by atoms with Crippen LogP contribution >= 0.6 is 0 Å². The maximum absolute atomic E-state index is 14.1. The summed E-state index contributed by atoms with van der Waals surface area (Å²) < 4.78 is 11.4. The topological polar surface area (TPSA) is 154 Å². The standard InChI is InChI=1S/C45H53N7O6/c1-33-14-10-18-36(30-33)48-44(55)50-42-43(54)52(39-21-7-6-20-38(39)41(49-42)35-16-4-2-5-17-35)27-29-58-45(56)47-23-12-22-40(53)46-24-13-28-57-37-19-11-15-34(31-37)32-51-25-8-3-9-26-51/h2,4-7,10-11,14-21,30-31,42H,3,8-9,12-13,22-29,32H2,1H3,(H,46,53)(H,47,56)(H2,48,50,55). The fourth-order valence-corrected chi connectivity index (χ4v) is 7.00. The quantitative estimate of drug-likeness (QED) is 0.0904. The van der Waals surface area contributed by atoms with Crippen LogP contribution in [0.2, 0.25) is 0 Å². The van der Waals surface area contributed by atoms with Crippen LogP contribution in [0.4, 0.5) is 21.0 Å². The van der Waals surface area contributed by atoms with E-state index in [0.717, 1.165) is 36.5 Å². The molecule has 1 saturated heterocycles. The molecule has 6 rings (SSSR count). The Labute approximate surface area is 340 Å². The SMILES string of the molecule is Cc1cccc(NC(=O)NC2N=C(c3ccccc3)c3ccccc3N(CCOC(=O)NCCCC(=O)NCCCOc3cccc(CN4CCCCC4)c3)C2=O)c1. The highest BCUT2D eigenvalue weighted by molar-refractivity contribution is 6.20. The van der Waals surface area contributed by atoms with Gasteiger partial charge in [-0.25, -0.2) is 14.6 Å². The third kappa shape index (κ3) is 12.4. The molecule has 0 aromatic heterocycles. The lowest BCUT2D eigenvalue weighted by Gasteiger charge is -2.26. The minimum Gasteiger partial charge on any atom is -0.494 e. The molecular weight excluding hydrogens is 735 g/mol. The number of amides is 5. The van der Waals surface area contributed by atoms with Gasteiger partial charge in [0.15, 0.2) is 0 Å². The molecule has 1 fully saturated rings. The number of carbonyl (C=O) groups excluding carboxylic acids is 4. The summed E-state index contributed by atoms with van der Waals surface area (Å²) in [5.41, 5.74) is 5.36. The van der Waals surface area contributed by atoms with Crippen molar-refractivity contribution in [2.45, 2.75) is 58.2 Å². The van der Waals surface area contributed by atoms with Gasteiger partial charge >= 0.3 is 12.1 Å². The van der Waals surface area contributed by atoms with Crippen molar-refractivity contribution in [1.82, 2.24) is 20.9 Å². The van der Waals surface area contributed by atoms with Crippen molar-refractivity contribution in [2.24, 2.45) is 4.99 Å². The van der Waals surface area contributed by atoms with Crippen LogP contribution < -0.4 is 30.9 Å². The number of nitrogens with zero attached hydrogens (tertiary/aromatic N) is 3. The van der Waals surface area contributed by atoms with E-state index in [9.17, 15) is 19.2 Å². The van der Waals surface area contributed by atoms with Crippen molar-refractivity contribution in [2.75, 3.05) is 56.2 Å². The molecule has 13 heteroatoms. The number of benzodiazepines with no additional fused rings is 1. The predicted molar refractivity (Wildman–Crippen MR) is 225 cm³/mol. The van der Waals surface area contributed by atoms with Crippen LogP contribution in [-0.4, -0.2) is 86.7 Å². The molecule has 0 radical (unpaired) electrons. The predicted octanol–water partition coefficient (Wildman–Crippen LogP) is 6.40. The Kier molecular flexibility index (Phi) is 15.3. The number of hydrogen-bond acceptors (Lipinski definition) is 8. The van der Waals surface area contributed by atoms with E-state index in [4.69, 9.17) is 14.5 Å². The van der Waals surface area contributed by atoms with E-state index in [-0.39, 0.29) is 32.0 Å². The minimum atomic E-state index is -1.27. The smallest absolute Gasteiger partial charge is 0.407 e. The van der Waals surface area contributed by atoms with Crippen molar-refractivity contribution < 1.29 is 28.7 Å². The van der Waals surface area contributed by atoms with Crippen molar-refractivity contribution in [3.8, 4) is 5.75 Å². The molecule has 1 atom stereocenters. The zero-order valence-corrected chi connectivity index (χ0v) is 33.1. The minimum absolute atomic E-state index is 0.00863. The number of likely N-dealkylation sites (tertiary alicyclic amines) is 1. The molecule has 2 heterocycles. The molecule has 13 nitrogen and oxygen atoms in total. The largest absolute Gasteiger partial charge is 0.494 e. The number of aliphatic imine (C=N–C) groups is 1. The van der Waals surface area contributed by atoms with E-state index in [0.29, 0.717) is 48.6 Å². The Bertz CT molecular complexity index is 2030. The monoisotopic (exact) mass is 787 g/mol. The molecule has 1 unspecified atom stereocenters. The molecule has 0 bridgehead atoms. The Hall–Kier alpha value is -6.21. The van der Waals surface area contributed by atoms with Crippen molar-refractivity contribution in [1.29, 1.82) is 0 Å². The molecule has 58 heavy (non-hydrogen) atoms. The van der Waals surface area contributed by atoms with Crippen LogP contribution in [0.25, 0.3) is 0 Å². The van der Waals surface area contributed by atoms with Crippen LogP contribution in [0.3, 0.4) is 0 Å². The van der Waals surface area contributed by atoms with Gasteiger partial charge in [-0.05, 0) is 87.2 Å². The molecule has 0 aliphatic carbocycles. The first-order chi connectivity index (χ1) is 28.3. The maximum Gasteiger partial charge on any atom is 0.407 e. The summed E-state index contributed by atoms with van der Waals surface area (Å²) in [6.45, 7) is 6.27. The number of nitrogens with one attached hydrogen (secondary N) is 4. The summed E-state index contributed by atoms with van der Waals surface area (Å²) in [5, 5.41) is 11.1. The second-order valence-corrected chi connectivity index (χ2v) is 14.4. The summed E-state index contributed by atoms with van der Waals surface area (Å²) in [5.74, 6) is 0.245. The number of aryl methyl sites for hydroxylation is 1. The van der Waals surface area contributed by atoms with Crippen LogP contribution in [0, 0.1) is 6.92 Å². The third-order valence-electron chi connectivity index (χ3n) is 9.86. The van der Waals surface area contributed by atoms with E-state index in [2.05, 4.69) is 38.3 Å². The summed E-state index contributed by atoms with van der Waals surface area (Å²) in [6, 6.07) is 31.7. The molecule has 4 aromatic rings. The van der Waals surface area contributed by atoms with Crippen LogP contribution in [0.1, 0.15) is 60.8 Å². The van der Waals surface area contributed by atoms with E-state index in [1.165, 1.54) is 29.7 Å². The van der Waals surface area contributed by atoms with Gasteiger partial charge in [0.1, 0.15) is 12.4 Å². The highest BCUT2D eigenvalue weighted by Gasteiger charge is 2.33. The molecule has 0 spiro atoms. The van der Waals surface area contributed by atoms with Gasteiger partial charge in [-0.2, -0.15) is 0 Å². The van der Waals surface area contributed by atoms with Gasteiger partial charge in [-0.3, -0.25) is 14.5 Å². The fourth-order valence-electron chi connectivity index (χ4n) is 7.00. The van der Waals surface area contributed by atoms with E-state index in [1.54, 1.807) is 12.1 Å². The number of urea groups is 1. The lowest BCUT2D eigenvalue weighted by molar-refractivity contribution is -0.121. The summed E-state index contributed by atoms with van der Waals surface area (Å²) in [6.07, 6.45) is 3.25. The molecule has 2 aliphatic heterocycles. The molecule has 2 aliphatic rings. The average Bonchev–Trinajstić information content (AvgIpc) is 3.34. The molecule has 5 amide bonds. The van der Waals surface area contributed by atoms with Crippen molar-refractivity contribution in [3.05, 3.63) is 125 Å². The number of rotatable bonds is 17. The normalized spacial score (nSPS) is 15.3. The third-order valence-corrected chi connectivity index (χ3v) is 9.86. The van der Waals surface area contributed by atoms with E-state index in [1.807, 2.05) is 85.8 Å². The molecule has 4 aromatic carbocycles. The molecule has 4 N–H and O–H groups in total. The van der Waals surface area contributed by atoms with Gasteiger partial charge in [0, 0.05) is 42.9 Å².